The quantitative estimate of drug-likeness (QED) is 0.875. The summed E-state index contributed by atoms with van der Waals surface area (Å²) >= 11 is 0. The van der Waals surface area contributed by atoms with Crippen LogP contribution in [0.5, 0.6) is 5.75 Å². The van der Waals surface area contributed by atoms with E-state index in [0.717, 1.165) is 0 Å². The van der Waals surface area contributed by atoms with Gasteiger partial charge in [0.1, 0.15) is 5.75 Å². The second-order valence-electron chi connectivity index (χ2n) is 3.97. The molecule has 1 aromatic rings. The number of nitrogens with two attached hydrogens (primary N) is 1. The third-order valence-electron chi connectivity index (χ3n) is 2.36. The molecule has 4 nitrogen and oxygen atoms in total. The summed E-state index contributed by atoms with van der Waals surface area (Å²) in [6, 6.07) is 5.23. The second-order valence-corrected chi connectivity index (χ2v) is 3.97. The molecule has 1 amide bonds. The van der Waals surface area contributed by atoms with Crippen molar-refractivity contribution in [3.05, 3.63) is 29.8 Å². The molecule has 0 saturated carbocycles. The maximum absolute atomic E-state index is 12.1. The molecule has 108 valence electrons. The smallest absolute Gasteiger partial charge is 0.387 e. The van der Waals surface area contributed by atoms with E-state index < -0.39 is 12.7 Å². The van der Waals surface area contributed by atoms with Gasteiger partial charge in [-0.3, -0.25) is 4.79 Å². The highest BCUT2D eigenvalue weighted by molar-refractivity contribution is 5.85. The molecule has 0 heterocycles. The lowest BCUT2D eigenvalue weighted by Crippen LogP contribution is -2.39. The van der Waals surface area contributed by atoms with E-state index in [1.165, 1.54) is 12.1 Å². The predicted octanol–water partition coefficient (Wildman–Crippen LogP) is 2.23. The number of hydrogen-bond acceptors (Lipinski definition) is 3. The summed E-state index contributed by atoms with van der Waals surface area (Å²) in [4.78, 5) is 11.4. The third kappa shape index (κ3) is 5.85. The average Bonchev–Trinajstić information content (AvgIpc) is 2.28. The van der Waals surface area contributed by atoms with Crippen LogP contribution < -0.4 is 15.8 Å². The molecule has 0 saturated heterocycles. The van der Waals surface area contributed by atoms with Crippen molar-refractivity contribution in [3.63, 3.8) is 0 Å². The zero-order chi connectivity index (χ0) is 13.7. The maximum Gasteiger partial charge on any atom is 0.387 e. The van der Waals surface area contributed by atoms with Gasteiger partial charge in [0.05, 0.1) is 12.1 Å². The largest absolute Gasteiger partial charge is 0.435 e. The van der Waals surface area contributed by atoms with Gasteiger partial charge in [0, 0.05) is 0 Å². The fourth-order valence-electron chi connectivity index (χ4n) is 1.39. The van der Waals surface area contributed by atoms with Crippen LogP contribution in [0.3, 0.4) is 0 Å². The number of ether oxygens (including phenoxy) is 1. The van der Waals surface area contributed by atoms with Gasteiger partial charge in [0.2, 0.25) is 5.91 Å². The van der Waals surface area contributed by atoms with Crippen molar-refractivity contribution < 1.29 is 18.3 Å². The van der Waals surface area contributed by atoms with Gasteiger partial charge in [-0.2, -0.15) is 8.78 Å². The van der Waals surface area contributed by atoms with Crippen LogP contribution in [0.2, 0.25) is 0 Å². The van der Waals surface area contributed by atoms with Gasteiger partial charge in [-0.05, 0) is 31.5 Å². The molecule has 3 N–H and O–H groups in total. The number of halogens is 3. The van der Waals surface area contributed by atoms with Crippen molar-refractivity contribution in [2.24, 2.45) is 5.73 Å². The Morgan fingerprint density at radius 1 is 1.37 bits per heavy atom. The van der Waals surface area contributed by atoms with Crippen molar-refractivity contribution in [1.29, 1.82) is 0 Å². The molecular formula is C12H17ClF2N2O2. The molecule has 0 aromatic heterocycles. The van der Waals surface area contributed by atoms with Crippen LogP contribution in [0.25, 0.3) is 0 Å². The normalized spacial score (nSPS) is 13.4. The zero-order valence-electron chi connectivity index (χ0n) is 10.6. The van der Waals surface area contributed by atoms with Gasteiger partial charge in [0.15, 0.2) is 0 Å². The molecule has 1 rings (SSSR count). The highest BCUT2D eigenvalue weighted by Gasteiger charge is 2.13. The first-order valence-electron chi connectivity index (χ1n) is 5.51. The Kier molecular flexibility index (Phi) is 7.33. The third-order valence-corrected chi connectivity index (χ3v) is 2.36. The summed E-state index contributed by atoms with van der Waals surface area (Å²) in [5, 5.41) is 2.67. The van der Waals surface area contributed by atoms with Crippen LogP contribution in [0, 0.1) is 0 Å². The number of carbonyl (C=O) groups is 1. The average molecular weight is 295 g/mol. The number of amides is 1. The molecule has 0 aliphatic carbocycles. The molecule has 1 aromatic carbocycles. The van der Waals surface area contributed by atoms with E-state index in [-0.39, 0.29) is 30.1 Å². The number of alkyl halides is 2. The SMILES string of the molecule is CC(N)C(=O)NC(C)c1cccc(OC(F)F)c1.Cl. The highest BCUT2D eigenvalue weighted by Crippen LogP contribution is 2.20. The molecule has 2 unspecified atom stereocenters. The summed E-state index contributed by atoms with van der Waals surface area (Å²) in [5.41, 5.74) is 6.09. The fourth-order valence-corrected chi connectivity index (χ4v) is 1.39. The summed E-state index contributed by atoms with van der Waals surface area (Å²) in [6.45, 7) is 0.439. The number of nitrogens with one attached hydrogen (secondary N) is 1. The summed E-state index contributed by atoms with van der Waals surface area (Å²) in [6.07, 6.45) is 0. The van der Waals surface area contributed by atoms with Crippen LogP contribution >= 0.6 is 12.4 Å². The van der Waals surface area contributed by atoms with E-state index in [9.17, 15) is 13.6 Å². The topological polar surface area (TPSA) is 64.4 Å². The van der Waals surface area contributed by atoms with Crippen molar-refractivity contribution in [2.75, 3.05) is 0 Å². The molecule has 2 atom stereocenters. The van der Waals surface area contributed by atoms with Crippen molar-refractivity contribution in [3.8, 4) is 5.75 Å². The number of hydrogen-bond donors (Lipinski definition) is 2. The Hall–Kier alpha value is -1.40. The molecule has 7 heteroatoms. The Labute approximate surface area is 116 Å². The van der Waals surface area contributed by atoms with Crippen LogP contribution in [-0.2, 0) is 4.79 Å². The molecule has 0 aliphatic heterocycles. The lowest BCUT2D eigenvalue weighted by Gasteiger charge is -2.16. The van der Waals surface area contributed by atoms with Crippen LogP contribution in [0.4, 0.5) is 8.78 Å². The Bertz CT molecular complexity index is 416. The molecule has 0 spiro atoms. The Morgan fingerprint density at radius 3 is 2.53 bits per heavy atom. The lowest BCUT2D eigenvalue weighted by molar-refractivity contribution is -0.122. The molecular weight excluding hydrogens is 278 g/mol. The highest BCUT2D eigenvalue weighted by atomic mass is 35.5. The second kappa shape index (κ2) is 7.91. The zero-order valence-corrected chi connectivity index (χ0v) is 11.4. The molecule has 0 bridgehead atoms. The first-order valence-corrected chi connectivity index (χ1v) is 5.51. The lowest BCUT2D eigenvalue weighted by atomic mass is 10.1. The minimum Gasteiger partial charge on any atom is -0.435 e. The summed E-state index contributed by atoms with van der Waals surface area (Å²) < 4.78 is 28.4. The fraction of sp³-hybridized carbons (Fsp3) is 0.417. The first-order chi connectivity index (χ1) is 8.40. The van der Waals surface area contributed by atoms with Gasteiger partial charge in [-0.25, -0.2) is 0 Å². The monoisotopic (exact) mass is 294 g/mol. The minimum atomic E-state index is -2.87. The van der Waals surface area contributed by atoms with E-state index in [4.69, 9.17) is 5.73 Å². The van der Waals surface area contributed by atoms with E-state index >= 15 is 0 Å². The van der Waals surface area contributed by atoms with Gasteiger partial charge < -0.3 is 15.8 Å². The Morgan fingerprint density at radius 2 is 2.00 bits per heavy atom. The van der Waals surface area contributed by atoms with Crippen molar-refractivity contribution in [1.82, 2.24) is 5.32 Å². The number of carbonyl (C=O) groups excluding carboxylic acids is 1. The molecule has 19 heavy (non-hydrogen) atoms. The van der Waals surface area contributed by atoms with Gasteiger partial charge in [-0.15, -0.1) is 12.4 Å². The van der Waals surface area contributed by atoms with Crippen LogP contribution in [0.1, 0.15) is 25.5 Å². The first kappa shape index (κ1) is 17.6. The molecule has 0 radical (unpaired) electrons. The van der Waals surface area contributed by atoms with E-state index in [0.29, 0.717) is 5.56 Å². The van der Waals surface area contributed by atoms with Gasteiger partial charge >= 0.3 is 6.61 Å². The summed E-state index contributed by atoms with van der Waals surface area (Å²) in [5.74, 6) is -0.243. The standard InChI is InChI=1S/C12H16F2N2O2.ClH/c1-7(15)11(17)16-8(2)9-4-3-5-10(6-9)18-12(13)14;/h3-8,12H,15H2,1-2H3,(H,16,17);1H. The maximum atomic E-state index is 12.1. The van der Waals surface area contributed by atoms with E-state index in [1.54, 1.807) is 26.0 Å². The van der Waals surface area contributed by atoms with E-state index in [1.807, 2.05) is 0 Å². The predicted molar refractivity (Wildman–Crippen MR) is 70.5 cm³/mol. The number of rotatable bonds is 5. The molecule has 0 fully saturated rings. The number of benzene rings is 1. The van der Waals surface area contributed by atoms with Gasteiger partial charge in [0.25, 0.3) is 0 Å². The van der Waals surface area contributed by atoms with Crippen molar-refractivity contribution in [2.45, 2.75) is 32.5 Å². The van der Waals surface area contributed by atoms with Gasteiger partial charge in [-0.1, -0.05) is 12.1 Å². The Balaban J connectivity index is 0.00000324. The van der Waals surface area contributed by atoms with Crippen LogP contribution in [0.15, 0.2) is 24.3 Å². The van der Waals surface area contributed by atoms with Crippen LogP contribution in [-0.4, -0.2) is 18.6 Å². The summed E-state index contributed by atoms with van der Waals surface area (Å²) in [7, 11) is 0. The minimum absolute atomic E-state index is 0. The molecule has 0 aliphatic rings. The van der Waals surface area contributed by atoms with Crippen molar-refractivity contribution >= 4 is 18.3 Å². The van der Waals surface area contributed by atoms with E-state index in [2.05, 4.69) is 10.1 Å².